The molecule has 4 heteroatoms. The highest BCUT2D eigenvalue weighted by atomic mass is 16.5. The lowest BCUT2D eigenvalue weighted by Crippen LogP contribution is -2.49. The minimum atomic E-state index is -0.116. The van der Waals surface area contributed by atoms with Gasteiger partial charge in [-0.25, -0.2) is 0 Å². The molecule has 0 bridgehead atoms. The van der Waals surface area contributed by atoms with Gasteiger partial charge in [0.15, 0.2) is 0 Å². The molecule has 2 N–H and O–H groups in total. The number of likely N-dealkylation sites (tertiary alicyclic amines) is 1. The first-order valence-electron chi connectivity index (χ1n) is 6.21. The molecule has 0 amide bonds. The third kappa shape index (κ3) is 4.10. The van der Waals surface area contributed by atoms with Crippen molar-refractivity contribution in [1.82, 2.24) is 4.90 Å². The summed E-state index contributed by atoms with van der Waals surface area (Å²) in [6, 6.07) is 0.713. The smallest absolute Gasteiger partial charge is 0.305 e. The van der Waals surface area contributed by atoms with Gasteiger partial charge < -0.3 is 10.5 Å². The maximum Gasteiger partial charge on any atom is 0.305 e. The van der Waals surface area contributed by atoms with E-state index in [0.717, 1.165) is 19.5 Å². The highest BCUT2D eigenvalue weighted by Gasteiger charge is 2.24. The van der Waals surface area contributed by atoms with Gasteiger partial charge in [-0.15, -0.1) is 0 Å². The number of nitrogens with two attached hydrogens (primary N) is 1. The summed E-state index contributed by atoms with van der Waals surface area (Å²) in [6.45, 7) is 4.15. The summed E-state index contributed by atoms with van der Waals surface area (Å²) in [5.74, 6) is -0.116. The molecule has 4 nitrogen and oxygen atoms in total. The van der Waals surface area contributed by atoms with E-state index in [0.29, 0.717) is 12.5 Å². The van der Waals surface area contributed by atoms with Crippen LogP contribution in [-0.4, -0.2) is 43.2 Å². The van der Waals surface area contributed by atoms with Gasteiger partial charge in [0, 0.05) is 18.5 Å². The molecule has 1 saturated heterocycles. The van der Waals surface area contributed by atoms with Crippen molar-refractivity contribution >= 4 is 5.97 Å². The monoisotopic (exact) mass is 228 g/mol. The molecule has 2 unspecified atom stereocenters. The van der Waals surface area contributed by atoms with Crippen LogP contribution in [0.5, 0.6) is 0 Å². The average Bonchev–Trinajstić information content (AvgIpc) is 2.29. The number of esters is 1. The number of nitrogens with zero attached hydrogens (tertiary/aromatic N) is 1. The van der Waals surface area contributed by atoms with Gasteiger partial charge >= 0.3 is 5.97 Å². The Morgan fingerprint density at radius 2 is 2.31 bits per heavy atom. The van der Waals surface area contributed by atoms with E-state index in [1.807, 2.05) is 0 Å². The maximum absolute atomic E-state index is 11.0. The first-order chi connectivity index (χ1) is 7.65. The third-order valence-electron chi connectivity index (χ3n) is 3.33. The van der Waals surface area contributed by atoms with Crippen LogP contribution in [0, 0.1) is 0 Å². The molecule has 1 aliphatic rings. The van der Waals surface area contributed by atoms with E-state index >= 15 is 0 Å². The molecule has 0 radical (unpaired) electrons. The van der Waals surface area contributed by atoms with E-state index in [4.69, 9.17) is 5.73 Å². The second kappa shape index (κ2) is 6.86. The number of rotatable bonds is 5. The van der Waals surface area contributed by atoms with Crippen molar-refractivity contribution in [1.29, 1.82) is 0 Å². The Morgan fingerprint density at radius 3 is 2.94 bits per heavy atom. The highest BCUT2D eigenvalue weighted by Crippen LogP contribution is 2.19. The molecule has 0 aromatic carbocycles. The minimum Gasteiger partial charge on any atom is -0.469 e. The molecule has 0 aromatic rings. The normalized spacial score (nSPS) is 24.1. The van der Waals surface area contributed by atoms with Gasteiger partial charge in [0.25, 0.3) is 0 Å². The molecular formula is C12H24N2O2. The first-order valence-corrected chi connectivity index (χ1v) is 6.21. The van der Waals surface area contributed by atoms with E-state index in [1.54, 1.807) is 0 Å². The zero-order valence-corrected chi connectivity index (χ0v) is 10.4. The largest absolute Gasteiger partial charge is 0.469 e. The maximum atomic E-state index is 11.0. The summed E-state index contributed by atoms with van der Waals surface area (Å²) < 4.78 is 4.63. The summed E-state index contributed by atoms with van der Waals surface area (Å²) in [5, 5.41) is 0. The molecule has 94 valence electrons. The van der Waals surface area contributed by atoms with Crippen LogP contribution in [0.15, 0.2) is 0 Å². The summed E-state index contributed by atoms with van der Waals surface area (Å²) in [5.41, 5.74) is 5.98. The number of hydrogen-bond donors (Lipinski definition) is 1. The van der Waals surface area contributed by atoms with Gasteiger partial charge in [0.2, 0.25) is 0 Å². The van der Waals surface area contributed by atoms with Crippen molar-refractivity contribution in [3.63, 3.8) is 0 Å². The lowest BCUT2D eigenvalue weighted by molar-refractivity contribution is -0.140. The second-order valence-corrected chi connectivity index (χ2v) is 4.64. The average molecular weight is 228 g/mol. The quantitative estimate of drug-likeness (QED) is 0.717. The van der Waals surface area contributed by atoms with Gasteiger partial charge in [0.05, 0.1) is 7.11 Å². The number of hydrogen-bond acceptors (Lipinski definition) is 4. The zero-order valence-electron chi connectivity index (χ0n) is 10.4. The van der Waals surface area contributed by atoms with Crippen molar-refractivity contribution < 1.29 is 9.53 Å². The molecule has 0 aliphatic carbocycles. The van der Waals surface area contributed by atoms with Crippen LogP contribution in [0.2, 0.25) is 0 Å². The molecule has 1 fully saturated rings. The Labute approximate surface area is 98.1 Å². The SMILES string of the molecule is COC(=O)CCCN1CCCCC1C(C)N. The summed E-state index contributed by atoms with van der Waals surface area (Å²) >= 11 is 0. The van der Waals surface area contributed by atoms with Crippen molar-refractivity contribution in [2.45, 2.75) is 51.1 Å². The number of ether oxygens (including phenoxy) is 1. The van der Waals surface area contributed by atoms with E-state index in [-0.39, 0.29) is 12.0 Å². The van der Waals surface area contributed by atoms with Gasteiger partial charge in [-0.3, -0.25) is 9.69 Å². The zero-order chi connectivity index (χ0) is 12.0. The van der Waals surface area contributed by atoms with Crippen LogP contribution in [0.4, 0.5) is 0 Å². The van der Waals surface area contributed by atoms with Crippen LogP contribution in [-0.2, 0) is 9.53 Å². The lowest BCUT2D eigenvalue weighted by atomic mass is 9.96. The lowest BCUT2D eigenvalue weighted by Gasteiger charge is -2.38. The van der Waals surface area contributed by atoms with Crippen LogP contribution in [0.1, 0.15) is 39.0 Å². The Bertz CT molecular complexity index is 219. The molecule has 1 rings (SSSR count). The van der Waals surface area contributed by atoms with Crippen molar-refractivity contribution in [3.8, 4) is 0 Å². The Kier molecular flexibility index (Phi) is 5.77. The van der Waals surface area contributed by atoms with E-state index in [2.05, 4.69) is 16.6 Å². The third-order valence-corrected chi connectivity index (χ3v) is 3.33. The van der Waals surface area contributed by atoms with E-state index < -0.39 is 0 Å². The summed E-state index contributed by atoms with van der Waals surface area (Å²) in [4.78, 5) is 13.4. The van der Waals surface area contributed by atoms with Crippen molar-refractivity contribution in [2.24, 2.45) is 5.73 Å². The second-order valence-electron chi connectivity index (χ2n) is 4.64. The standard InChI is InChI=1S/C12H24N2O2/c1-10(13)11-6-3-4-8-14(11)9-5-7-12(15)16-2/h10-11H,3-9,13H2,1-2H3. The number of carbonyl (C=O) groups is 1. The predicted molar refractivity (Wildman–Crippen MR) is 64.1 cm³/mol. The molecule has 0 aromatic heterocycles. The van der Waals surface area contributed by atoms with Gasteiger partial charge in [0.1, 0.15) is 0 Å². The Balaban J connectivity index is 2.30. The van der Waals surface area contributed by atoms with Crippen LogP contribution in [0.3, 0.4) is 0 Å². The van der Waals surface area contributed by atoms with Gasteiger partial charge in [-0.1, -0.05) is 6.42 Å². The molecule has 2 atom stereocenters. The molecule has 0 saturated carbocycles. The minimum absolute atomic E-state index is 0.116. The fourth-order valence-electron chi connectivity index (χ4n) is 2.42. The first kappa shape index (κ1) is 13.5. The molecule has 16 heavy (non-hydrogen) atoms. The van der Waals surface area contributed by atoms with Crippen LogP contribution >= 0.6 is 0 Å². The predicted octanol–water partition coefficient (Wildman–Crippen LogP) is 1.14. The molecule has 1 heterocycles. The van der Waals surface area contributed by atoms with Gasteiger partial charge in [-0.2, -0.15) is 0 Å². The van der Waals surface area contributed by atoms with E-state index in [1.165, 1.54) is 26.4 Å². The molecule has 1 aliphatic heterocycles. The number of piperidine rings is 1. The van der Waals surface area contributed by atoms with Gasteiger partial charge in [-0.05, 0) is 39.3 Å². The summed E-state index contributed by atoms with van der Waals surface area (Å²) in [7, 11) is 1.44. The van der Waals surface area contributed by atoms with Crippen LogP contribution in [0.25, 0.3) is 0 Å². The fraction of sp³-hybridized carbons (Fsp3) is 0.917. The topological polar surface area (TPSA) is 55.6 Å². The van der Waals surface area contributed by atoms with Crippen molar-refractivity contribution in [3.05, 3.63) is 0 Å². The Hall–Kier alpha value is -0.610. The van der Waals surface area contributed by atoms with Crippen LogP contribution < -0.4 is 5.73 Å². The van der Waals surface area contributed by atoms with Crippen molar-refractivity contribution in [2.75, 3.05) is 20.2 Å². The Morgan fingerprint density at radius 1 is 1.56 bits per heavy atom. The molecule has 0 spiro atoms. The highest BCUT2D eigenvalue weighted by molar-refractivity contribution is 5.69. The van der Waals surface area contributed by atoms with E-state index in [9.17, 15) is 4.79 Å². The number of carbonyl (C=O) groups excluding carboxylic acids is 1. The molecular weight excluding hydrogens is 204 g/mol. The summed E-state index contributed by atoms with van der Waals surface area (Å²) in [6.07, 6.45) is 5.10. The fourth-order valence-corrected chi connectivity index (χ4v) is 2.42. The number of methoxy groups -OCH3 is 1.